The fourth-order valence-corrected chi connectivity index (χ4v) is 2.01. The van der Waals surface area contributed by atoms with Crippen LogP contribution in [0, 0.1) is 17.1 Å². The van der Waals surface area contributed by atoms with Crippen LogP contribution in [0.15, 0.2) is 18.2 Å². The molecule has 0 radical (unpaired) electrons. The normalized spacial score (nSPS) is 18.2. The summed E-state index contributed by atoms with van der Waals surface area (Å²) in [5, 5.41) is 27.1. The van der Waals surface area contributed by atoms with Gasteiger partial charge in [-0.2, -0.15) is 5.26 Å². The number of rotatable bonds is 3. The van der Waals surface area contributed by atoms with Crippen molar-refractivity contribution in [1.29, 1.82) is 5.26 Å². The molecule has 88 valence electrons. The molecule has 1 aliphatic rings. The Labute approximate surface area is 96.9 Å². The Morgan fingerprint density at radius 3 is 2.65 bits per heavy atom. The van der Waals surface area contributed by atoms with Crippen molar-refractivity contribution in [2.75, 3.05) is 0 Å². The molecule has 0 aliphatic heterocycles. The zero-order valence-corrected chi connectivity index (χ0v) is 8.85. The fraction of sp³-hybridized carbons (Fsp3) is 0.333. The summed E-state index contributed by atoms with van der Waals surface area (Å²) in [7, 11) is 0. The van der Waals surface area contributed by atoms with E-state index in [1.807, 2.05) is 0 Å². The van der Waals surface area contributed by atoms with Crippen molar-refractivity contribution in [3.63, 3.8) is 0 Å². The van der Waals surface area contributed by atoms with E-state index < -0.39 is 23.3 Å². The summed E-state index contributed by atoms with van der Waals surface area (Å²) in [5.74, 6) is -1.94. The van der Waals surface area contributed by atoms with Crippen LogP contribution in [-0.2, 0) is 10.2 Å². The molecule has 5 heteroatoms. The minimum Gasteiger partial charge on any atom is -0.479 e. The van der Waals surface area contributed by atoms with Gasteiger partial charge in [0.1, 0.15) is 11.9 Å². The number of carboxylic acids is 1. The lowest BCUT2D eigenvalue weighted by Gasteiger charge is -2.19. The van der Waals surface area contributed by atoms with E-state index in [1.165, 1.54) is 12.1 Å². The van der Waals surface area contributed by atoms with E-state index in [-0.39, 0.29) is 5.56 Å². The topological polar surface area (TPSA) is 81.3 Å². The number of aliphatic carboxylic acids is 1. The molecule has 2 N–H and O–H groups in total. The van der Waals surface area contributed by atoms with E-state index in [0.717, 1.165) is 6.07 Å². The van der Waals surface area contributed by atoms with E-state index in [2.05, 4.69) is 0 Å². The number of nitriles is 1. The molecular formula is C12H10FNO3. The molecule has 0 spiro atoms. The summed E-state index contributed by atoms with van der Waals surface area (Å²) in [4.78, 5) is 10.8. The summed E-state index contributed by atoms with van der Waals surface area (Å²) >= 11 is 0. The minimum atomic E-state index is -1.51. The highest BCUT2D eigenvalue weighted by molar-refractivity contribution is 5.75. The van der Waals surface area contributed by atoms with E-state index >= 15 is 0 Å². The second-order valence-corrected chi connectivity index (χ2v) is 4.20. The van der Waals surface area contributed by atoms with E-state index in [1.54, 1.807) is 6.07 Å². The Balaban J connectivity index is 2.42. The number of carbonyl (C=O) groups is 1. The van der Waals surface area contributed by atoms with Crippen molar-refractivity contribution >= 4 is 5.97 Å². The average Bonchev–Trinajstić information content (AvgIpc) is 3.10. The van der Waals surface area contributed by atoms with E-state index in [4.69, 9.17) is 10.4 Å². The van der Waals surface area contributed by atoms with Crippen LogP contribution in [0.2, 0.25) is 0 Å². The first-order valence-corrected chi connectivity index (χ1v) is 5.12. The Bertz CT molecular complexity index is 517. The quantitative estimate of drug-likeness (QED) is 0.824. The smallest absolute Gasteiger partial charge is 0.333 e. The van der Waals surface area contributed by atoms with Gasteiger partial charge >= 0.3 is 5.97 Å². The lowest BCUT2D eigenvalue weighted by atomic mass is 9.89. The van der Waals surface area contributed by atoms with Gasteiger partial charge in [0.25, 0.3) is 0 Å². The fourth-order valence-electron chi connectivity index (χ4n) is 2.01. The van der Waals surface area contributed by atoms with Crippen molar-refractivity contribution in [2.45, 2.75) is 24.4 Å². The van der Waals surface area contributed by atoms with Crippen LogP contribution in [0.3, 0.4) is 0 Å². The van der Waals surface area contributed by atoms with Gasteiger partial charge < -0.3 is 10.2 Å². The summed E-state index contributed by atoms with van der Waals surface area (Å²) in [5.41, 5.74) is -0.484. The molecule has 1 aromatic rings. The predicted molar refractivity (Wildman–Crippen MR) is 55.7 cm³/mol. The molecular weight excluding hydrogens is 225 g/mol. The number of nitrogens with zero attached hydrogens (tertiary/aromatic N) is 1. The molecule has 0 amide bonds. The van der Waals surface area contributed by atoms with Crippen LogP contribution in [0.5, 0.6) is 0 Å². The maximum Gasteiger partial charge on any atom is 0.333 e. The molecule has 1 aromatic carbocycles. The number of hydrogen-bond donors (Lipinski definition) is 2. The summed E-state index contributed by atoms with van der Waals surface area (Å²) < 4.78 is 13.1. The molecule has 17 heavy (non-hydrogen) atoms. The van der Waals surface area contributed by atoms with Gasteiger partial charge in [0.2, 0.25) is 0 Å². The SMILES string of the molecule is N#Cc1cc(C2(C(O)C(=O)O)CC2)ccc1F. The van der Waals surface area contributed by atoms with Crippen molar-refractivity contribution in [2.24, 2.45) is 0 Å². The third kappa shape index (κ3) is 1.77. The molecule has 0 aromatic heterocycles. The van der Waals surface area contributed by atoms with Gasteiger partial charge in [-0.3, -0.25) is 0 Å². The minimum absolute atomic E-state index is 0.133. The van der Waals surface area contributed by atoms with Gasteiger partial charge in [0.15, 0.2) is 6.10 Å². The number of halogens is 1. The second-order valence-electron chi connectivity index (χ2n) is 4.20. The highest BCUT2D eigenvalue weighted by Crippen LogP contribution is 2.51. The number of hydrogen-bond acceptors (Lipinski definition) is 3. The number of aliphatic hydroxyl groups is 1. The molecule has 1 unspecified atom stereocenters. The lowest BCUT2D eigenvalue weighted by molar-refractivity contribution is -0.148. The highest BCUT2D eigenvalue weighted by atomic mass is 19.1. The van der Waals surface area contributed by atoms with Gasteiger partial charge in [-0.1, -0.05) is 6.07 Å². The average molecular weight is 235 g/mol. The Kier molecular flexibility index (Phi) is 2.60. The Morgan fingerprint density at radius 1 is 1.53 bits per heavy atom. The summed E-state index contributed by atoms with van der Waals surface area (Å²) in [6.45, 7) is 0. The largest absolute Gasteiger partial charge is 0.479 e. The molecule has 0 saturated heterocycles. The van der Waals surface area contributed by atoms with Crippen LogP contribution >= 0.6 is 0 Å². The van der Waals surface area contributed by atoms with Gasteiger partial charge in [0.05, 0.1) is 5.56 Å². The Morgan fingerprint density at radius 2 is 2.18 bits per heavy atom. The zero-order valence-electron chi connectivity index (χ0n) is 8.85. The highest BCUT2D eigenvalue weighted by Gasteiger charge is 2.53. The van der Waals surface area contributed by atoms with Gasteiger partial charge in [-0.25, -0.2) is 9.18 Å². The number of aliphatic hydroxyl groups excluding tert-OH is 1. The molecule has 0 bridgehead atoms. The molecule has 2 rings (SSSR count). The first-order chi connectivity index (χ1) is 8.01. The zero-order chi connectivity index (χ0) is 12.6. The van der Waals surface area contributed by atoms with Crippen LogP contribution < -0.4 is 0 Å². The van der Waals surface area contributed by atoms with Crippen molar-refractivity contribution < 1.29 is 19.4 Å². The standard InChI is InChI=1S/C12H10FNO3/c13-9-2-1-8(5-7(9)6-14)12(3-4-12)10(15)11(16)17/h1-2,5,10,15H,3-4H2,(H,16,17). The van der Waals surface area contributed by atoms with E-state index in [9.17, 15) is 14.3 Å². The summed E-state index contributed by atoms with van der Waals surface area (Å²) in [6.07, 6.45) is -0.465. The van der Waals surface area contributed by atoms with Crippen LogP contribution in [0.25, 0.3) is 0 Å². The van der Waals surface area contributed by atoms with Gasteiger partial charge in [0, 0.05) is 5.41 Å². The predicted octanol–water partition coefficient (Wildman–Crippen LogP) is 1.17. The molecule has 1 aliphatic carbocycles. The van der Waals surface area contributed by atoms with Crippen molar-refractivity contribution in [3.8, 4) is 6.07 Å². The maximum absolute atomic E-state index is 13.1. The Hall–Kier alpha value is -1.93. The molecule has 1 atom stereocenters. The molecule has 1 saturated carbocycles. The summed E-state index contributed by atoms with van der Waals surface area (Å²) in [6, 6.07) is 5.57. The van der Waals surface area contributed by atoms with Crippen LogP contribution in [-0.4, -0.2) is 22.3 Å². The van der Waals surface area contributed by atoms with Crippen molar-refractivity contribution in [1.82, 2.24) is 0 Å². The second kappa shape index (κ2) is 3.82. The third-order valence-corrected chi connectivity index (χ3v) is 3.21. The monoisotopic (exact) mass is 235 g/mol. The number of benzene rings is 1. The van der Waals surface area contributed by atoms with E-state index in [0.29, 0.717) is 18.4 Å². The first-order valence-electron chi connectivity index (χ1n) is 5.12. The molecule has 4 nitrogen and oxygen atoms in total. The first kappa shape index (κ1) is 11.6. The maximum atomic E-state index is 13.1. The number of carboxylic acid groups (broad SMARTS) is 1. The van der Waals surface area contributed by atoms with Gasteiger partial charge in [-0.15, -0.1) is 0 Å². The van der Waals surface area contributed by atoms with Crippen LogP contribution in [0.1, 0.15) is 24.0 Å². The molecule has 1 fully saturated rings. The van der Waals surface area contributed by atoms with Crippen LogP contribution in [0.4, 0.5) is 4.39 Å². The molecule has 0 heterocycles. The lowest BCUT2D eigenvalue weighted by Crippen LogP contribution is -2.33. The van der Waals surface area contributed by atoms with Gasteiger partial charge in [-0.05, 0) is 30.5 Å². The van der Waals surface area contributed by atoms with Crippen molar-refractivity contribution in [3.05, 3.63) is 35.1 Å². The third-order valence-electron chi connectivity index (χ3n) is 3.21.